The van der Waals surface area contributed by atoms with E-state index in [1.165, 1.54) is 4.88 Å². The van der Waals surface area contributed by atoms with Crippen LogP contribution in [0.2, 0.25) is 0 Å². The Balaban J connectivity index is 1.73. The third kappa shape index (κ3) is 5.35. The molecule has 22 heavy (non-hydrogen) atoms. The molecule has 0 spiro atoms. The molecule has 1 aliphatic rings. The number of piperazine rings is 1. The van der Waals surface area contributed by atoms with E-state index in [-0.39, 0.29) is 5.91 Å². The number of hydrogen-bond donors (Lipinski definition) is 1. The fourth-order valence-electron chi connectivity index (χ4n) is 2.67. The first-order valence-electron chi connectivity index (χ1n) is 7.82. The van der Waals surface area contributed by atoms with Crippen molar-refractivity contribution in [3.8, 4) is 0 Å². The lowest BCUT2D eigenvalue weighted by Gasteiger charge is -2.34. The summed E-state index contributed by atoms with van der Waals surface area (Å²) >= 11 is 1.66. The number of β-amino-alcohol motifs (C(OH)–C–C–N with tert-alkyl or cyclic N) is 1. The lowest BCUT2D eigenvalue weighted by Crippen LogP contribution is -2.49. The summed E-state index contributed by atoms with van der Waals surface area (Å²) in [4.78, 5) is 20.7. The number of hydrogen-bond acceptors (Lipinski definition) is 5. The van der Waals surface area contributed by atoms with Gasteiger partial charge >= 0.3 is 0 Å². The van der Waals surface area contributed by atoms with Crippen molar-refractivity contribution in [2.24, 2.45) is 0 Å². The number of thiophene rings is 1. The molecule has 1 atom stereocenters. The van der Waals surface area contributed by atoms with Gasteiger partial charge in [0.1, 0.15) is 0 Å². The van der Waals surface area contributed by atoms with Gasteiger partial charge in [-0.25, -0.2) is 0 Å². The zero-order chi connectivity index (χ0) is 16.1. The molecule has 1 N–H and O–H groups in total. The predicted molar refractivity (Wildman–Crippen MR) is 90.3 cm³/mol. The summed E-state index contributed by atoms with van der Waals surface area (Å²) in [6, 6.07) is 4.04. The predicted octanol–water partition coefficient (Wildman–Crippen LogP) is 0.666. The summed E-state index contributed by atoms with van der Waals surface area (Å²) < 4.78 is 0. The fourth-order valence-corrected chi connectivity index (χ4v) is 3.55. The quantitative estimate of drug-likeness (QED) is 0.835. The van der Waals surface area contributed by atoms with E-state index in [4.69, 9.17) is 0 Å². The molecular weight excluding hydrogens is 298 g/mol. The topological polar surface area (TPSA) is 47.0 Å². The molecule has 0 aliphatic carbocycles. The van der Waals surface area contributed by atoms with Gasteiger partial charge in [-0.15, -0.1) is 11.3 Å². The molecule has 0 aromatic carbocycles. The van der Waals surface area contributed by atoms with Crippen LogP contribution in [0.5, 0.6) is 0 Å². The number of aryl methyl sites for hydroxylation is 1. The van der Waals surface area contributed by atoms with Gasteiger partial charge in [0.15, 0.2) is 0 Å². The second-order valence-corrected chi connectivity index (χ2v) is 7.59. The summed E-state index contributed by atoms with van der Waals surface area (Å²) in [6.07, 6.45) is -0.0570. The first-order chi connectivity index (χ1) is 10.4. The number of nitrogens with zero attached hydrogens (tertiary/aromatic N) is 3. The van der Waals surface area contributed by atoms with Crippen LogP contribution in [-0.4, -0.2) is 85.2 Å². The Morgan fingerprint density at radius 1 is 1.36 bits per heavy atom. The minimum Gasteiger partial charge on any atom is -0.390 e. The Hall–Kier alpha value is -0.950. The second kappa shape index (κ2) is 8.06. The van der Waals surface area contributed by atoms with E-state index in [1.807, 2.05) is 19.1 Å². The molecule has 1 fully saturated rings. The Kier molecular flexibility index (Phi) is 6.37. The van der Waals surface area contributed by atoms with Crippen LogP contribution in [0.3, 0.4) is 0 Å². The minimum atomic E-state index is -0.484. The van der Waals surface area contributed by atoms with Crippen molar-refractivity contribution in [3.05, 3.63) is 21.9 Å². The normalized spacial score (nSPS) is 18.4. The van der Waals surface area contributed by atoms with Crippen molar-refractivity contribution in [2.45, 2.75) is 19.4 Å². The number of carbonyl (C=O) groups is 1. The van der Waals surface area contributed by atoms with Gasteiger partial charge in [0.2, 0.25) is 5.91 Å². The maximum Gasteiger partial charge on any atom is 0.227 e. The maximum absolute atomic E-state index is 12.2. The SMILES string of the molecule is Cc1ccc(CC(=O)N(C)CC(O)CN2CCN(C)CC2)s1. The first kappa shape index (κ1) is 17.4. The van der Waals surface area contributed by atoms with Gasteiger partial charge < -0.3 is 14.9 Å². The number of aliphatic hydroxyl groups is 1. The molecule has 1 aromatic heterocycles. The molecule has 1 aliphatic heterocycles. The number of likely N-dealkylation sites (N-methyl/N-ethyl adjacent to an activating group) is 2. The minimum absolute atomic E-state index is 0.0688. The third-order valence-electron chi connectivity index (χ3n) is 4.10. The van der Waals surface area contributed by atoms with E-state index in [0.29, 0.717) is 19.5 Å². The Morgan fingerprint density at radius 2 is 2.05 bits per heavy atom. The molecule has 1 saturated heterocycles. The van der Waals surface area contributed by atoms with Gasteiger partial charge in [-0.1, -0.05) is 0 Å². The molecular formula is C16H27N3O2S. The van der Waals surface area contributed by atoms with Crippen LogP contribution in [0.25, 0.3) is 0 Å². The highest BCUT2D eigenvalue weighted by Gasteiger charge is 2.19. The Labute approximate surface area is 137 Å². The van der Waals surface area contributed by atoms with Crippen LogP contribution in [0.15, 0.2) is 12.1 Å². The van der Waals surface area contributed by atoms with Crippen molar-refractivity contribution in [3.63, 3.8) is 0 Å². The largest absolute Gasteiger partial charge is 0.390 e. The number of aliphatic hydroxyl groups excluding tert-OH is 1. The van der Waals surface area contributed by atoms with Gasteiger partial charge in [0.05, 0.1) is 12.5 Å². The van der Waals surface area contributed by atoms with Crippen LogP contribution < -0.4 is 0 Å². The molecule has 1 aromatic rings. The molecule has 0 radical (unpaired) electrons. The van der Waals surface area contributed by atoms with E-state index in [2.05, 4.69) is 16.8 Å². The molecule has 6 heteroatoms. The molecule has 5 nitrogen and oxygen atoms in total. The van der Waals surface area contributed by atoms with E-state index < -0.39 is 6.10 Å². The smallest absolute Gasteiger partial charge is 0.227 e. The highest BCUT2D eigenvalue weighted by Crippen LogP contribution is 2.16. The monoisotopic (exact) mass is 325 g/mol. The van der Waals surface area contributed by atoms with E-state index >= 15 is 0 Å². The standard InChI is InChI=1S/C16H27N3O2S/c1-13-4-5-15(22-13)10-16(21)18(3)11-14(20)12-19-8-6-17(2)7-9-19/h4-5,14,20H,6-12H2,1-3H3. The fraction of sp³-hybridized carbons (Fsp3) is 0.688. The first-order valence-corrected chi connectivity index (χ1v) is 8.64. The highest BCUT2D eigenvalue weighted by atomic mass is 32.1. The zero-order valence-corrected chi connectivity index (χ0v) is 14.6. The third-order valence-corrected chi connectivity index (χ3v) is 5.10. The van der Waals surface area contributed by atoms with E-state index in [9.17, 15) is 9.90 Å². The number of amides is 1. The number of carbonyl (C=O) groups excluding carboxylic acids is 1. The molecule has 124 valence electrons. The second-order valence-electron chi connectivity index (χ2n) is 6.22. The lowest BCUT2D eigenvalue weighted by molar-refractivity contribution is -0.130. The molecule has 1 amide bonds. The van der Waals surface area contributed by atoms with Gasteiger partial charge in [-0.2, -0.15) is 0 Å². The van der Waals surface area contributed by atoms with E-state index in [1.54, 1.807) is 23.3 Å². The molecule has 0 bridgehead atoms. The van der Waals surface area contributed by atoms with Gasteiger partial charge in [0.25, 0.3) is 0 Å². The van der Waals surface area contributed by atoms with Gasteiger partial charge in [-0.3, -0.25) is 9.69 Å². The van der Waals surface area contributed by atoms with Gasteiger partial charge in [-0.05, 0) is 26.1 Å². The average Bonchev–Trinajstić information content (AvgIpc) is 2.86. The van der Waals surface area contributed by atoms with E-state index in [0.717, 1.165) is 31.1 Å². The van der Waals surface area contributed by atoms with Crippen LogP contribution in [-0.2, 0) is 11.2 Å². The zero-order valence-electron chi connectivity index (χ0n) is 13.8. The maximum atomic E-state index is 12.2. The van der Waals surface area contributed by atoms with Crippen LogP contribution in [0.1, 0.15) is 9.75 Å². The Bertz CT molecular complexity index is 483. The summed E-state index contributed by atoms with van der Waals surface area (Å²) in [5.41, 5.74) is 0. The highest BCUT2D eigenvalue weighted by molar-refractivity contribution is 7.12. The average molecular weight is 325 g/mol. The molecule has 2 heterocycles. The van der Waals surface area contributed by atoms with Crippen molar-refractivity contribution in [1.29, 1.82) is 0 Å². The Morgan fingerprint density at radius 3 is 2.64 bits per heavy atom. The van der Waals surface area contributed by atoms with Gasteiger partial charge in [0, 0.05) is 56.1 Å². The van der Waals surface area contributed by atoms with Crippen molar-refractivity contribution >= 4 is 17.2 Å². The molecule has 2 rings (SSSR count). The van der Waals surface area contributed by atoms with Crippen molar-refractivity contribution in [2.75, 3.05) is 53.4 Å². The number of rotatable bonds is 6. The van der Waals surface area contributed by atoms with Crippen LogP contribution in [0.4, 0.5) is 0 Å². The van der Waals surface area contributed by atoms with Crippen molar-refractivity contribution in [1.82, 2.24) is 14.7 Å². The summed E-state index contributed by atoms with van der Waals surface area (Å²) in [5, 5.41) is 10.2. The van der Waals surface area contributed by atoms with Crippen molar-refractivity contribution < 1.29 is 9.90 Å². The summed E-state index contributed by atoms with van der Waals surface area (Å²) in [6.45, 7) is 7.14. The molecule has 1 unspecified atom stereocenters. The lowest BCUT2D eigenvalue weighted by atomic mass is 10.2. The van der Waals surface area contributed by atoms with Crippen LogP contribution >= 0.6 is 11.3 Å². The summed E-state index contributed by atoms with van der Waals surface area (Å²) in [5.74, 6) is 0.0688. The molecule has 0 saturated carbocycles. The summed E-state index contributed by atoms with van der Waals surface area (Å²) in [7, 11) is 3.89. The van der Waals surface area contributed by atoms with Crippen LogP contribution in [0, 0.1) is 6.92 Å².